The van der Waals surface area contributed by atoms with Crippen LogP contribution < -0.4 is 20.7 Å². The number of nitrogens with two attached hydrogens (primary N) is 1. The molecule has 2 bridgehead atoms. The van der Waals surface area contributed by atoms with Gasteiger partial charge in [0.15, 0.2) is 5.82 Å². The number of pyridine rings is 1. The standard InChI is InChI=1S/C28H32ClFN8OS/c1-14(2)38-9-3-4-17(38)13-39-28-34-24-18(27(35-28)37-11-15-5-6-16(12-37)32-15)10-19(29)22(23(24)30)26-25-20(40-36-26)7-8-21(31)33-25/h7-8,10,14-17,32H,3-6,9,11-13H2,1-2H3,(H2,31,33)/t15?,16?,17-/m0/s1. The molecule has 0 radical (unpaired) electrons. The van der Waals surface area contributed by atoms with Gasteiger partial charge in [-0.3, -0.25) is 4.90 Å². The lowest BCUT2D eigenvalue weighted by Gasteiger charge is -2.34. The molecule has 4 aromatic rings. The van der Waals surface area contributed by atoms with E-state index >= 15 is 4.39 Å². The van der Waals surface area contributed by atoms with Crippen molar-refractivity contribution >= 4 is 55.9 Å². The van der Waals surface area contributed by atoms with E-state index in [2.05, 4.69) is 43.3 Å². The number of halogens is 2. The first-order chi connectivity index (χ1) is 19.4. The third kappa shape index (κ3) is 4.52. The van der Waals surface area contributed by atoms with Gasteiger partial charge in [0.1, 0.15) is 35.0 Å². The summed E-state index contributed by atoms with van der Waals surface area (Å²) in [6.45, 7) is 7.48. The number of ether oxygens (including phenoxy) is 1. The summed E-state index contributed by atoms with van der Waals surface area (Å²) in [4.78, 5) is 18.6. The third-order valence-electron chi connectivity index (χ3n) is 8.43. The fraction of sp³-hybridized carbons (Fsp3) is 0.500. The average Bonchev–Trinajstić information content (AvgIpc) is 3.66. The number of nitrogen functional groups attached to an aromatic ring is 1. The smallest absolute Gasteiger partial charge is 0.319 e. The maximum Gasteiger partial charge on any atom is 0.319 e. The minimum absolute atomic E-state index is 0.163. The van der Waals surface area contributed by atoms with E-state index < -0.39 is 5.82 Å². The number of hydrogen-bond acceptors (Lipinski definition) is 10. The lowest BCUT2D eigenvalue weighted by Crippen LogP contribution is -2.51. The molecule has 0 aliphatic carbocycles. The maximum atomic E-state index is 16.6. The molecule has 6 heterocycles. The van der Waals surface area contributed by atoms with Crippen LogP contribution in [0.4, 0.5) is 16.0 Å². The van der Waals surface area contributed by atoms with Crippen LogP contribution in [0.3, 0.4) is 0 Å². The molecule has 3 saturated heterocycles. The predicted molar refractivity (Wildman–Crippen MR) is 158 cm³/mol. The Hall–Kier alpha value is -2.86. The van der Waals surface area contributed by atoms with E-state index in [-0.39, 0.29) is 28.2 Å². The molecular formula is C28H32ClFN8OS. The quantitative estimate of drug-likeness (QED) is 0.329. The Balaban J connectivity index is 1.34. The van der Waals surface area contributed by atoms with E-state index in [4.69, 9.17) is 27.1 Å². The largest absolute Gasteiger partial charge is 0.462 e. The van der Waals surface area contributed by atoms with Crippen molar-refractivity contribution in [1.82, 2.24) is 29.5 Å². The maximum absolute atomic E-state index is 16.6. The highest BCUT2D eigenvalue weighted by Crippen LogP contribution is 2.42. The summed E-state index contributed by atoms with van der Waals surface area (Å²) in [6.07, 6.45) is 4.43. The van der Waals surface area contributed by atoms with Crippen LogP contribution >= 0.6 is 23.1 Å². The van der Waals surface area contributed by atoms with Gasteiger partial charge in [0.05, 0.1) is 15.3 Å². The van der Waals surface area contributed by atoms with Crippen molar-refractivity contribution in [2.24, 2.45) is 0 Å². The van der Waals surface area contributed by atoms with Gasteiger partial charge in [0, 0.05) is 42.6 Å². The Morgan fingerprint density at radius 3 is 2.73 bits per heavy atom. The summed E-state index contributed by atoms with van der Waals surface area (Å²) >= 11 is 8.03. The first-order valence-corrected chi connectivity index (χ1v) is 15.1. The van der Waals surface area contributed by atoms with Crippen molar-refractivity contribution in [3.63, 3.8) is 0 Å². The Kier molecular flexibility index (Phi) is 6.65. The number of hydrogen-bond donors (Lipinski definition) is 2. The molecule has 3 atom stereocenters. The number of rotatable bonds is 6. The molecule has 3 aliphatic rings. The van der Waals surface area contributed by atoms with Crippen molar-refractivity contribution in [2.75, 3.05) is 36.9 Å². The number of piperazine rings is 1. The summed E-state index contributed by atoms with van der Waals surface area (Å²) in [6, 6.07) is 6.94. The van der Waals surface area contributed by atoms with E-state index in [1.54, 1.807) is 12.1 Å². The molecule has 0 spiro atoms. The number of benzene rings is 1. The molecule has 3 aliphatic heterocycles. The van der Waals surface area contributed by atoms with Crippen molar-refractivity contribution in [3.8, 4) is 17.3 Å². The molecule has 9 nitrogen and oxygen atoms in total. The van der Waals surface area contributed by atoms with Crippen LogP contribution in [0.1, 0.15) is 39.5 Å². The van der Waals surface area contributed by atoms with E-state index in [0.717, 1.165) is 50.0 Å². The zero-order valence-electron chi connectivity index (χ0n) is 22.5. The SMILES string of the molecule is CC(C)N1CCC[C@H]1COc1nc(N2CC3CCC(C2)N3)c2cc(Cl)c(-c3nsc4ccc(N)nc34)c(F)c2n1. The minimum atomic E-state index is -0.560. The first-order valence-electron chi connectivity index (χ1n) is 14.0. The van der Waals surface area contributed by atoms with Crippen LogP contribution in [0.15, 0.2) is 18.2 Å². The summed E-state index contributed by atoms with van der Waals surface area (Å²) in [7, 11) is 0. The summed E-state index contributed by atoms with van der Waals surface area (Å²) < 4.78 is 28.1. The monoisotopic (exact) mass is 582 g/mol. The fourth-order valence-corrected chi connectivity index (χ4v) is 7.55. The number of likely N-dealkylation sites (tertiary alicyclic amines) is 1. The Morgan fingerprint density at radius 1 is 1.15 bits per heavy atom. The lowest BCUT2D eigenvalue weighted by molar-refractivity contribution is 0.138. The van der Waals surface area contributed by atoms with Crippen LogP contribution in [0.2, 0.25) is 5.02 Å². The molecule has 0 amide bonds. The van der Waals surface area contributed by atoms with E-state index in [9.17, 15) is 0 Å². The molecule has 0 saturated carbocycles. The predicted octanol–water partition coefficient (Wildman–Crippen LogP) is 4.87. The number of anilines is 2. The van der Waals surface area contributed by atoms with Gasteiger partial charge in [-0.2, -0.15) is 14.3 Å². The van der Waals surface area contributed by atoms with Crippen LogP contribution in [0.25, 0.3) is 32.4 Å². The number of fused-ring (bicyclic) bond motifs is 4. The Bertz CT molecular complexity index is 1590. The highest BCUT2D eigenvalue weighted by atomic mass is 35.5. The molecule has 210 valence electrons. The van der Waals surface area contributed by atoms with Gasteiger partial charge in [-0.1, -0.05) is 11.6 Å². The van der Waals surface area contributed by atoms with Crippen LogP contribution in [-0.4, -0.2) is 74.6 Å². The Morgan fingerprint density at radius 2 is 1.95 bits per heavy atom. The summed E-state index contributed by atoms with van der Waals surface area (Å²) in [5.74, 6) is 0.431. The average molecular weight is 583 g/mol. The van der Waals surface area contributed by atoms with Crippen molar-refractivity contribution in [3.05, 3.63) is 29.0 Å². The van der Waals surface area contributed by atoms with Crippen LogP contribution in [0.5, 0.6) is 6.01 Å². The molecule has 7 rings (SSSR count). The lowest BCUT2D eigenvalue weighted by atomic mass is 10.1. The number of aromatic nitrogens is 4. The number of nitrogens with one attached hydrogen (secondary N) is 1. The zero-order chi connectivity index (χ0) is 27.5. The van der Waals surface area contributed by atoms with Crippen molar-refractivity contribution < 1.29 is 9.13 Å². The highest BCUT2D eigenvalue weighted by molar-refractivity contribution is 7.13. The molecule has 12 heteroatoms. The molecule has 3 N–H and O–H groups in total. The van der Waals surface area contributed by atoms with Gasteiger partial charge in [-0.25, -0.2) is 9.37 Å². The molecule has 3 aromatic heterocycles. The highest BCUT2D eigenvalue weighted by Gasteiger charge is 2.35. The molecule has 1 aromatic carbocycles. The van der Waals surface area contributed by atoms with Crippen molar-refractivity contribution in [1.29, 1.82) is 0 Å². The molecular weight excluding hydrogens is 551 g/mol. The second kappa shape index (κ2) is 10.2. The van der Waals surface area contributed by atoms with E-state index in [0.29, 0.717) is 53.0 Å². The van der Waals surface area contributed by atoms with E-state index in [1.807, 2.05) is 6.07 Å². The molecule has 3 fully saturated rings. The summed E-state index contributed by atoms with van der Waals surface area (Å²) in [5, 5.41) is 4.46. The third-order valence-corrected chi connectivity index (χ3v) is 9.52. The topological polar surface area (TPSA) is 105 Å². The number of nitrogens with zero attached hydrogens (tertiary/aromatic N) is 6. The van der Waals surface area contributed by atoms with Crippen LogP contribution in [0, 0.1) is 5.82 Å². The normalized spacial score (nSPS) is 23.2. The second-order valence-corrected chi connectivity index (χ2v) is 12.6. The minimum Gasteiger partial charge on any atom is -0.462 e. The van der Waals surface area contributed by atoms with Gasteiger partial charge in [0.2, 0.25) is 0 Å². The molecule has 2 unspecified atom stereocenters. The van der Waals surface area contributed by atoms with Gasteiger partial charge >= 0.3 is 6.01 Å². The van der Waals surface area contributed by atoms with Gasteiger partial charge in [-0.05, 0) is 75.8 Å². The Labute approximate surface area is 241 Å². The van der Waals surface area contributed by atoms with Crippen molar-refractivity contribution in [2.45, 2.75) is 63.7 Å². The van der Waals surface area contributed by atoms with E-state index in [1.165, 1.54) is 11.5 Å². The van der Waals surface area contributed by atoms with Crippen LogP contribution in [-0.2, 0) is 0 Å². The van der Waals surface area contributed by atoms with Gasteiger partial charge in [-0.15, -0.1) is 0 Å². The first kappa shape index (κ1) is 26.1. The fourth-order valence-electron chi connectivity index (χ4n) is 6.55. The zero-order valence-corrected chi connectivity index (χ0v) is 24.1. The second-order valence-electron chi connectivity index (χ2n) is 11.4. The molecule has 40 heavy (non-hydrogen) atoms. The summed E-state index contributed by atoms with van der Waals surface area (Å²) in [5.41, 5.74) is 7.16. The van der Waals surface area contributed by atoms with Gasteiger partial charge in [0.25, 0.3) is 0 Å². The van der Waals surface area contributed by atoms with Gasteiger partial charge < -0.3 is 20.7 Å².